The first kappa shape index (κ1) is 19.2. The minimum atomic E-state index is -0.644. The molecule has 0 aliphatic carbocycles. The molecule has 2 aliphatic heterocycles. The molecule has 1 aromatic rings. The molecular weight excluding hydrogens is 370 g/mol. The zero-order chi connectivity index (χ0) is 19.6. The van der Waals surface area contributed by atoms with Crippen LogP contribution in [0, 0.1) is 0 Å². The zero-order valence-electron chi connectivity index (χ0n) is 15.1. The van der Waals surface area contributed by atoms with Crippen molar-refractivity contribution in [2.75, 3.05) is 24.7 Å². The number of thioether (sulfide) groups is 1. The predicted octanol–water partition coefficient (Wildman–Crippen LogP) is 0.982. The second-order valence-corrected chi connectivity index (χ2v) is 8.08. The summed E-state index contributed by atoms with van der Waals surface area (Å²) in [6, 6.07) is 5.69. The van der Waals surface area contributed by atoms with Gasteiger partial charge in [0.2, 0.25) is 5.91 Å². The Morgan fingerprint density at radius 2 is 2.00 bits per heavy atom. The van der Waals surface area contributed by atoms with Gasteiger partial charge in [0.25, 0.3) is 11.8 Å². The van der Waals surface area contributed by atoms with Crippen LogP contribution < -0.4 is 10.6 Å². The summed E-state index contributed by atoms with van der Waals surface area (Å²) in [6.07, 6.45) is 1.15. The van der Waals surface area contributed by atoms with E-state index >= 15 is 0 Å². The monoisotopic (exact) mass is 391 g/mol. The van der Waals surface area contributed by atoms with Gasteiger partial charge in [-0.15, -0.1) is 11.8 Å². The van der Waals surface area contributed by atoms with Crippen molar-refractivity contribution < 1.29 is 23.9 Å². The van der Waals surface area contributed by atoms with Gasteiger partial charge >= 0.3 is 5.97 Å². The van der Waals surface area contributed by atoms with E-state index in [-0.39, 0.29) is 16.7 Å². The Hall–Kier alpha value is -2.55. The number of esters is 1. The molecule has 2 atom stereocenters. The van der Waals surface area contributed by atoms with E-state index < -0.39 is 24.5 Å². The van der Waals surface area contributed by atoms with Crippen LogP contribution in [-0.2, 0) is 19.1 Å². The Morgan fingerprint density at radius 3 is 2.67 bits per heavy atom. The third kappa shape index (κ3) is 3.92. The maximum Gasteiger partial charge on any atom is 0.330 e. The molecule has 0 bridgehead atoms. The highest BCUT2D eigenvalue weighted by atomic mass is 32.2. The highest BCUT2D eigenvalue weighted by molar-refractivity contribution is 8.01. The number of nitrogens with zero attached hydrogens (tertiary/aromatic N) is 1. The smallest absolute Gasteiger partial charge is 0.330 e. The van der Waals surface area contributed by atoms with Crippen LogP contribution in [0.25, 0.3) is 0 Å². The number of amides is 3. The lowest BCUT2D eigenvalue weighted by molar-refractivity contribution is -0.155. The molecule has 0 radical (unpaired) electrons. The van der Waals surface area contributed by atoms with Crippen LogP contribution in [0.5, 0.6) is 0 Å². The number of hydrogen-bond donors (Lipinski definition) is 2. The number of nitrogens with one attached hydrogen (secondary N) is 2. The van der Waals surface area contributed by atoms with E-state index in [0.717, 1.165) is 0 Å². The Balaban J connectivity index is 1.51. The average molecular weight is 391 g/mol. The molecule has 0 saturated carbocycles. The lowest BCUT2D eigenvalue weighted by Gasteiger charge is -2.29. The van der Waals surface area contributed by atoms with Crippen molar-refractivity contribution in [3.8, 4) is 0 Å². The number of benzene rings is 1. The lowest BCUT2D eigenvalue weighted by Crippen LogP contribution is -2.47. The maximum absolute atomic E-state index is 12.3. The number of hydrogen-bond acceptors (Lipinski definition) is 6. The van der Waals surface area contributed by atoms with Gasteiger partial charge in [0, 0.05) is 30.5 Å². The molecule has 9 heteroatoms. The van der Waals surface area contributed by atoms with Crippen molar-refractivity contribution in [2.24, 2.45) is 0 Å². The molecule has 2 heterocycles. The highest BCUT2D eigenvalue weighted by Crippen LogP contribution is 2.47. The van der Waals surface area contributed by atoms with E-state index in [1.165, 1.54) is 7.05 Å². The van der Waals surface area contributed by atoms with Crippen molar-refractivity contribution in [1.29, 1.82) is 0 Å². The van der Waals surface area contributed by atoms with Crippen LogP contribution in [0.1, 0.15) is 30.1 Å². The summed E-state index contributed by atoms with van der Waals surface area (Å²) >= 11 is 1.57. The quantitative estimate of drug-likeness (QED) is 0.725. The van der Waals surface area contributed by atoms with Crippen LogP contribution in [0.2, 0.25) is 0 Å². The summed E-state index contributed by atoms with van der Waals surface area (Å²) in [6.45, 7) is 1.51. The molecule has 0 unspecified atom stereocenters. The van der Waals surface area contributed by atoms with E-state index in [1.54, 1.807) is 40.9 Å². The molecule has 2 fully saturated rings. The van der Waals surface area contributed by atoms with E-state index in [0.29, 0.717) is 29.8 Å². The van der Waals surface area contributed by atoms with Crippen molar-refractivity contribution in [2.45, 2.75) is 30.7 Å². The van der Waals surface area contributed by atoms with E-state index in [1.807, 2.05) is 6.92 Å². The van der Waals surface area contributed by atoms with Gasteiger partial charge in [-0.2, -0.15) is 0 Å². The van der Waals surface area contributed by atoms with Crippen LogP contribution in [-0.4, -0.2) is 58.9 Å². The van der Waals surface area contributed by atoms with Crippen molar-refractivity contribution in [3.63, 3.8) is 0 Å². The Morgan fingerprint density at radius 1 is 1.30 bits per heavy atom. The summed E-state index contributed by atoms with van der Waals surface area (Å²) in [5.74, 6) is -0.850. The SMILES string of the molecule is CNC(=O)c1ccc(NC(=O)COC(=O)[C@@H]2CS[C@@]3(C)CCC(=O)N23)cc1. The molecule has 2 aliphatic rings. The van der Waals surface area contributed by atoms with Gasteiger partial charge in [-0.1, -0.05) is 0 Å². The molecule has 2 N–H and O–H groups in total. The topological polar surface area (TPSA) is 105 Å². The minimum absolute atomic E-state index is 0.0508. The van der Waals surface area contributed by atoms with Crippen LogP contribution >= 0.6 is 11.8 Å². The molecule has 0 aromatic heterocycles. The van der Waals surface area contributed by atoms with Crippen LogP contribution in [0.4, 0.5) is 5.69 Å². The first-order valence-corrected chi connectivity index (χ1v) is 9.57. The molecule has 144 valence electrons. The maximum atomic E-state index is 12.3. The van der Waals surface area contributed by atoms with Crippen molar-refractivity contribution >= 4 is 41.1 Å². The Labute approximate surface area is 161 Å². The van der Waals surface area contributed by atoms with Crippen molar-refractivity contribution in [3.05, 3.63) is 29.8 Å². The second kappa shape index (κ2) is 7.59. The van der Waals surface area contributed by atoms with Crippen molar-refractivity contribution in [1.82, 2.24) is 10.2 Å². The number of carbonyl (C=O) groups is 4. The molecular formula is C18H21N3O5S. The fourth-order valence-corrected chi connectivity index (χ4v) is 4.69. The number of carbonyl (C=O) groups excluding carboxylic acids is 4. The molecule has 0 spiro atoms. The number of ether oxygens (including phenoxy) is 1. The highest BCUT2D eigenvalue weighted by Gasteiger charge is 2.53. The van der Waals surface area contributed by atoms with Gasteiger partial charge < -0.3 is 20.3 Å². The molecule has 27 heavy (non-hydrogen) atoms. The lowest BCUT2D eigenvalue weighted by atomic mass is 10.2. The molecule has 2 saturated heterocycles. The molecule has 3 amide bonds. The fourth-order valence-electron chi connectivity index (χ4n) is 3.27. The second-order valence-electron chi connectivity index (χ2n) is 6.58. The normalized spacial score (nSPS) is 23.7. The standard InChI is InChI=1S/C18H21N3O5S/c1-18-8-7-15(23)21(18)13(10-27-18)17(25)26-9-14(22)20-12-5-3-11(4-6-12)16(24)19-2/h3-6,13H,7-10H2,1-2H3,(H,19,24)(H,20,22)/t13-,18-/m0/s1. The average Bonchev–Trinajstić information content (AvgIpc) is 3.15. The number of anilines is 1. The molecule has 1 aromatic carbocycles. The van der Waals surface area contributed by atoms with Crippen LogP contribution in [0.3, 0.4) is 0 Å². The third-order valence-corrected chi connectivity index (χ3v) is 6.23. The largest absolute Gasteiger partial charge is 0.454 e. The summed E-state index contributed by atoms with van der Waals surface area (Å²) in [4.78, 5) is 49.1. The van der Waals surface area contributed by atoms with Gasteiger partial charge in [0.15, 0.2) is 6.61 Å². The van der Waals surface area contributed by atoms with Gasteiger partial charge in [0.05, 0.1) is 4.87 Å². The van der Waals surface area contributed by atoms with E-state index in [2.05, 4.69) is 10.6 Å². The molecule has 8 nitrogen and oxygen atoms in total. The summed E-state index contributed by atoms with van der Waals surface area (Å²) < 4.78 is 5.12. The Bertz CT molecular complexity index is 782. The predicted molar refractivity (Wildman–Crippen MR) is 100 cm³/mol. The molecule has 3 rings (SSSR count). The van der Waals surface area contributed by atoms with E-state index in [4.69, 9.17) is 4.74 Å². The van der Waals surface area contributed by atoms with Crippen LogP contribution in [0.15, 0.2) is 24.3 Å². The first-order chi connectivity index (χ1) is 12.8. The number of rotatable bonds is 5. The minimum Gasteiger partial charge on any atom is -0.454 e. The van der Waals surface area contributed by atoms with Gasteiger partial charge in [-0.25, -0.2) is 4.79 Å². The van der Waals surface area contributed by atoms with Gasteiger partial charge in [0.1, 0.15) is 6.04 Å². The first-order valence-electron chi connectivity index (χ1n) is 8.59. The third-order valence-electron chi connectivity index (χ3n) is 4.72. The van der Waals surface area contributed by atoms with Gasteiger partial charge in [-0.3, -0.25) is 14.4 Å². The van der Waals surface area contributed by atoms with E-state index in [9.17, 15) is 19.2 Å². The summed E-state index contributed by atoms with van der Waals surface area (Å²) in [7, 11) is 1.54. The summed E-state index contributed by atoms with van der Waals surface area (Å²) in [5, 5.41) is 5.11. The van der Waals surface area contributed by atoms with Gasteiger partial charge in [-0.05, 0) is 37.6 Å². The summed E-state index contributed by atoms with van der Waals surface area (Å²) in [5.41, 5.74) is 0.960. The number of fused-ring (bicyclic) bond motifs is 1. The Kier molecular flexibility index (Phi) is 5.41. The zero-order valence-corrected chi connectivity index (χ0v) is 15.9. The fraction of sp³-hybridized carbons (Fsp3) is 0.444.